The summed E-state index contributed by atoms with van der Waals surface area (Å²) in [6.45, 7) is 1.62. The number of nitrogens with one attached hydrogen (secondary N) is 2. The zero-order chi connectivity index (χ0) is 6.85. The van der Waals surface area contributed by atoms with Gasteiger partial charge < -0.3 is 4.98 Å². The molecule has 0 unspecified atom stereocenters. The quantitative estimate of drug-likeness (QED) is 0.605. The largest absolute Gasteiger partial charge is 0.325 e. The second-order valence-corrected chi connectivity index (χ2v) is 1.75. The summed E-state index contributed by atoms with van der Waals surface area (Å²) in [5.41, 5.74) is -0.293. The molecule has 0 spiro atoms. The van der Waals surface area contributed by atoms with Gasteiger partial charge in [0.2, 0.25) is 0 Å². The first kappa shape index (κ1) is 9.78. The standard InChI is InChI=1S/C5H6N2O2.Y/c1-3-2-6-5(9)7-4(3)8;/h2H,1H3,(H2,6,7,8,9);. The van der Waals surface area contributed by atoms with Gasteiger partial charge in [0, 0.05) is 44.5 Å². The minimum absolute atomic E-state index is 0. The number of hydrogen-bond donors (Lipinski definition) is 2. The number of hydrogen-bond acceptors (Lipinski definition) is 2. The molecule has 4 nitrogen and oxygen atoms in total. The molecule has 0 saturated heterocycles. The number of aromatic nitrogens is 2. The predicted octanol–water partition coefficient (Wildman–Crippen LogP) is -0.631. The van der Waals surface area contributed by atoms with E-state index in [0.717, 1.165) is 0 Å². The molecule has 1 rings (SSSR count). The summed E-state index contributed by atoms with van der Waals surface area (Å²) in [7, 11) is 0. The average Bonchev–Trinajstić information content (AvgIpc) is 1.80. The van der Waals surface area contributed by atoms with Crippen LogP contribution in [-0.2, 0) is 32.7 Å². The van der Waals surface area contributed by atoms with Gasteiger partial charge in [-0.25, -0.2) is 4.79 Å². The summed E-state index contributed by atoms with van der Waals surface area (Å²) in [5.74, 6) is 0. The van der Waals surface area contributed by atoms with Crippen LogP contribution in [0.2, 0.25) is 0 Å². The van der Waals surface area contributed by atoms with E-state index in [1.807, 2.05) is 0 Å². The number of rotatable bonds is 0. The fraction of sp³-hybridized carbons (Fsp3) is 0.200. The fourth-order valence-corrected chi connectivity index (χ4v) is 0.477. The van der Waals surface area contributed by atoms with Crippen LogP contribution in [0.15, 0.2) is 15.8 Å². The first-order chi connectivity index (χ1) is 4.20. The van der Waals surface area contributed by atoms with Crippen molar-refractivity contribution in [2.24, 2.45) is 0 Å². The summed E-state index contributed by atoms with van der Waals surface area (Å²) in [5, 5.41) is 0. The Morgan fingerprint density at radius 2 is 2.00 bits per heavy atom. The van der Waals surface area contributed by atoms with Gasteiger partial charge in [-0.3, -0.25) is 9.78 Å². The van der Waals surface area contributed by atoms with Gasteiger partial charge in [0.15, 0.2) is 0 Å². The third-order valence-corrected chi connectivity index (χ3v) is 1.00. The first-order valence-electron chi connectivity index (χ1n) is 2.49. The van der Waals surface area contributed by atoms with Crippen molar-refractivity contribution in [2.75, 3.05) is 0 Å². The molecule has 0 fully saturated rings. The van der Waals surface area contributed by atoms with Crippen LogP contribution >= 0.6 is 0 Å². The molecule has 0 bridgehead atoms. The summed E-state index contributed by atoms with van der Waals surface area (Å²) >= 11 is 0. The maximum absolute atomic E-state index is 10.6. The molecular formula is C5H6N2O2Y. The maximum atomic E-state index is 10.6. The molecule has 0 amide bonds. The van der Waals surface area contributed by atoms with E-state index < -0.39 is 5.69 Å². The molecule has 0 saturated carbocycles. The molecule has 51 valence electrons. The molecule has 1 heterocycles. The van der Waals surface area contributed by atoms with Crippen molar-refractivity contribution in [1.82, 2.24) is 9.97 Å². The van der Waals surface area contributed by atoms with E-state index in [1.165, 1.54) is 6.20 Å². The van der Waals surface area contributed by atoms with Crippen molar-refractivity contribution in [1.29, 1.82) is 0 Å². The minimum atomic E-state index is -0.467. The van der Waals surface area contributed by atoms with Crippen molar-refractivity contribution in [3.63, 3.8) is 0 Å². The summed E-state index contributed by atoms with van der Waals surface area (Å²) in [6.07, 6.45) is 1.38. The van der Waals surface area contributed by atoms with Crippen molar-refractivity contribution in [3.8, 4) is 0 Å². The zero-order valence-electron chi connectivity index (χ0n) is 5.47. The topological polar surface area (TPSA) is 65.7 Å². The van der Waals surface area contributed by atoms with Crippen LogP contribution < -0.4 is 11.2 Å². The van der Waals surface area contributed by atoms with Crippen molar-refractivity contribution in [3.05, 3.63) is 32.6 Å². The number of aryl methyl sites for hydroxylation is 1. The molecule has 1 aromatic heterocycles. The molecule has 2 N–H and O–H groups in total. The molecule has 1 aromatic rings. The van der Waals surface area contributed by atoms with Crippen molar-refractivity contribution in [2.45, 2.75) is 6.92 Å². The van der Waals surface area contributed by atoms with Crippen LogP contribution in [0.1, 0.15) is 5.56 Å². The van der Waals surface area contributed by atoms with Gasteiger partial charge in [-0.15, -0.1) is 0 Å². The molecule has 0 aromatic carbocycles. The van der Waals surface area contributed by atoms with Gasteiger partial charge in [0.05, 0.1) is 0 Å². The normalized spacial score (nSPS) is 8.50. The Balaban J connectivity index is 0.000000810. The van der Waals surface area contributed by atoms with E-state index in [1.54, 1.807) is 6.92 Å². The summed E-state index contributed by atoms with van der Waals surface area (Å²) in [4.78, 5) is 25.3. The number of aromatic amines is 2. The van der Waals surface area contributed by atoms with Crippen LogP contribution in [0.3, 0.4) is 0 Å². The third-order valence-electron chi connectivity index (χ3n) is 1.00. The Hall–Kier alpha value is -0.216. The molecule has 10 heavy (non-hydrogen) atoms. The van der Waals surface area contributed by atoms with Crippen LogP contribution in [0.4, 0.5) is 0 Å². The van der Waals surface area contributed by atoms with Gasteiger partial charge in [-0.1, -0.05) is 0 Å². The molecule has 1 radical (unpaired) electrons. The van der Waals surface area contributed by atoms with Gasteiger partial charge in [-0.05, 0) is 6.92 Å². The summed E-state index contributed by atoms with van der Waals surface area (Å²) < 4.78 is 0. The van der Waals surface area contributed by atoms with E-state index in [-0.39, 0.29) is 38.3 Å². The van der Waals surface area contributed by atoms with E-state index in [4.69, 9.17) is 0 Å². The molecule has 0 aliphatic heterocycles. The van der Waals surface area contributed by atoms with Gasteiger partial charge in [-0.2, -0.15) is 0 Å². The Morgan fingerprint density at radius 3 is 2.40 bits per heavy atom. The predicted molar refractivity (Wildman–Crippen MR) is 32.4 cm³/mol. The minimum Gasteiger partial charge on any atom is -0.314 e. The van der Waals surface area contributed by atoms with Gasteiger partial charge in [0.1, 0.15) is 0 Å². The van der Waals surface area contributed by atoms with E-state index >= 15 is 0 Å². The van der Waals surface area contributed by atoms with Gasteiger partial charge >= 0.3 is 5.69 Å². The Bertz CT molecular complexity index is 314. The van der Waals surface area contributed by atoms with E-state index in [9.17, 15) is 9.59 Å². The Labute approximate surface area is 81.9 Å². The zero-order valence-corrected chi connectivity index (χ0v) is 8.31. The molecule has 0 atom stereocenters. The van der Waals surface area contributed by atoms with E-state index in [0.29, 0.717) is 5.56 Å². The first-order valence-corrected chi connectivity index (χ1v) is 2.49. The van der Waals surface area contributed by atoms with Gasteiger partial charge in [0.25, 0.3) is 5.56 Å². The van der Waals surface area contributed by atoms with Crippen LogP contribution in [0.5, 0.6) is 0 Å². The second kappa shape index (κ2) is 3.83. The Kier molecular flexibility index (Phi) is 3.75. The summed E-state index contributed by atoms with van der Waals surface area (Å²) in [6, 6.07) is 0. The average molecular weight is 215 g/mol. The second-order valence-electron chi connectivity index (χ2n) is 1.75. The fourth-order valence-electron chi connectivity index (χ4n) is 0.477. The maximum Gasteiger partial charge on any atom is 0.325 e. The molecular weight excluding hydrogens is 209 g/mol. The van der Waals surface area contributed by atoms with Crippen LogP contribution in [0, 0.1) is 6.92 Å². The smallest absolute Gasteiger partial charge is 0.314 e. The molecule has 0 aliphatic carbocycles. The number of H-pyrrole nitrogens is 2. The monoisotopic (exact) mass is 215 g/mol. The SMILES string of the molecule is Cc1c[nH]c(=O)[nH]c1=O.[Y]. The van der Waals surface area contributed by atoms with E-state index in [2.05, 4.69) is 9.97 Å². The van der Waals surface area contributed by atoms with Crippen LogP contribution in [-0.4, -0.2) is 9.97 Å². The Morgan fingerprint density at radius 1 is 1.40 bits per heavy atom. The molecule has 5 heteroatoms. The van der Waals surface area contributed by atoms with Crippen molar-refractivity contribution >= 4 is 0 Å². The van der Waals surface area contributed by atoms with Crippen LogP contribution in [0.25, 0.3) is 0 Å². The third kappa shape index (κ3) is 2.19. The molecule has 0 aliphatic rings. The van der Waals surface area contributed by atoms with Crippen molar-refractivity contribution < 1.29 is 32.7 Å².